The first-order valence-corrected chi connectivity index (χ1v) is 12.7. The highest BCUT2D eigenvalue weighted by Gasteiger charge is 2.30. The predicted octanol–water partition coefficient (Wildman–Crippen LogP) is 3.37. The van der Waals surface area contributed by atoms with Gasteiger partial charge in [-0.2, -0.15) is 4.98 Å². The van der Waals surface area contributed by atoms with Crippen molar-refractivity contribution in [2.45, 2.75) is 32.8 Å². The second-order valence-corrected chi connectivity index (χ2v) is 9.58. The van der Waals surface area contributed by atoms with Crippen LogP contribution < -0.4 is 25.6 Å². The molecule has 12 nitrogen and oxygen atoms in total. The molecule has 2 heterocycles. The van der Waals surface area contributed by atoms with E-state index in [2.05, 4.69) is 4.98 Å². The summed E-state index contributed by atoms with van der Waals surface area (Å²) in [5.74, 6) is 1.44. The smallest absolute Gasteiger partial charge is 0.493 e. The molecule has 2 N–H and O–H groups in total. The highest BCUT2D eigenvalue weighted by Crippen LogP contribution is 2.37. The molecule has 2 aromatic carbocycles. The van der Waals surface area contributed by atoms with E-state index in [1.165, 1.54) is 23.9 Å². The molecule has 0 spiro atoms. The van der Waals surface area contributed by atoms with Gasteiger partial charge in [-0.05, 0) is 72.5 Å². The lowest BCUT2D eigenvalue weighted by Gasteiger charge is -2.15. The van der Waals surface area contributed by atoms with Crippen LogP contribution in [0.1, 0.15) is 38.8 Å². The summed E-state index contributed by atoms with van der Waals surface area (Å²) in [4.78, 5) is 41.2. The first-order valence-electron chi connectivity index (χ1n) is 12.7. The Morgan fingerprint density at radius 1 is 1.12 bits per heavy atom. The summed E-state index contributed by atoms with van der Waals surface area (Å²) < 4.78 is 33.7. The zero-order valence-electron chi connectivity index (χ0n) is 23.0. The number of hydrogen-bond donors (Lipinski definition) is 1. The van der Waals surface area contributed by atoms with Crippen LogP contribution in [0.15, 0.2) is 46.9 Å². The number of ketones is 1. The lowest BCUT2D eigenvalue weighted by molar-refractivity contribution is -0.105. The summed E-state index contributed by atoms with van der Waals surface area (Å²) in [6, 6.07) is 8.65. The first-order chi connectivity index (χ1) is 19.7. The number of Topliss-reactive ketones (excluding diaryl/α,β-unsaturated/α-hetero) is 1. The minimum Gasteiger partial charge on any atom is -0.493 e. The van der Waals surface area contributed by atoms with Gasteiger partial charge in [0.25, 0.3) is 0 Å². The number of allylic oxidation sites excluding steroid dienone is 1. The number of carbonyl (C=O) groups is 2. The maximum atomic E-state index is 13.1. The van der Waals surface area contributed by atoms with Crippen molar-refractivity contribution in [3.05, 3.63) is 80.4 Å². The van der Waals surface area contributed by atoms with Crippen LogP contribution in [-0.4, -0.2) is 55.2 Å². The molecule has 5 rings (SSSR count). The topological polar surface area (TPSA) is 150 Å². The third-order valence-corrected chi connectivity index (χ3v) is 6.77. The van der Waals surface area contributed by atoms with E-state index in [-0.39, 0.29) is 24.8 Å². The molecule has 1 fully saturated rings. The van der Waals surface area contributed by atoms with Gasteiger partial charge in [0.1, 0.15) is 18.2 Å². The highest BCUT2D eigenvalue weighted by atomic mass is 16.8. The molecule has 214 valence electrons. The average molecular weight is 564 g/mol. The summed E-state index contributed by atoms with van der Waals surface area (Å²) in [5, 5.41) is 0. The van der Waals surface area contributed by atoms with Crippen molar-refractivity contribution in [3.63, 3.8) is 0 Å². The third-order valence-electron chi connectivity index (χ3n) is 6.77. The van der Waals surface area contributed by atoms with E-state index >= 15 is 0 Å². The molecular weight excluding hydrogens is 534 g/mol. The monoisotopic (exact) mass is 563 g/mol. The maximum Gasteiger partial charge on any atom is 0.514 e. The predicted molar refractivity (Wildman–Crippen MR) is 146 cm³/mol. The van der Waals surface area contributed by atoms with Crippen LogP contribution in [-0.2, 0) is 20.6 Å². The number of anilines is 1. The fraction of sp³-hybridized carbons (Fsp3) is 0.310. The number of aryl methyl sites for hydroxylation is 2. The molecule has 1 aliphatic carbocycles. The van der Waals surface area contributed by atoms with Gasteiger partial charge in [-0.3, -0.25) is 9.36 Å². The van der Waals surface area contributed by atoms with Gasteiger partial charge < -0.3 is 34.2 Å². The van der Waals surface area contributed by atoms with Crippen LogP contribution >= 0.6 is 0 Å². The number of methoxy groups -OCH3 is 2. The number of ether oxygens (including phenoxy) is 6. The van der Waals surface area contributed by atoms with Crippen molar-refractivity contribution >= 4 is 23.8 Å². The molecule has 0 saturated carbocycles. The molecule has 0 unspecified atom stereocenters. The Morgan fingerprint density at radius 3 is 2.51 bits per heavy atom. The average Bonchev–Trinajstić information content (AvgIpc) is 3.53. The molecule has 12 heteroatoms. The molecule has 0 amide bonds. The van der Waals surface area contributed by atoms with Gasteiger partial charge in [0.2, 0.25) is 0 Å². The zero-order valence-corrected chi connectivity index (χ0v) is 23.0. The summed E-state index contributed by atoms with van der Waals surface area (Å²) in [6.45, 7) is 3.42. The number of fused-ring (bicyclic) bond motifs is 1. The number of nitrogen functional groups attached to an aromatic ring is 1. The van der Waals surface area contributed by atoms with Crippen molar-refractivity contribution in [2.24, 2.45) is 0 Å². The summed E-state index contributed by atoms with van der Waals surface area (Å²) in [7, 11) is 3.08. The molecule has 0 radical (unpaired) electrons. The van der Waals surface area contributed by atoms with Crippen molar-refractivity contribution in [3.8, 4) is 17.2 Å². The van der Waals surface area contributed by atoms with Crippen LogP contribution in [0.4, 0.5) is 10.6 Å². The number of aromatic nitrogens is 2. The van der Waals surface area contributed by atoms with Gasteiger partial charge in [-0.25, -0.2) is 9.59 Å². The molecule has 3 aromatic rings. The lowest BCUT2D eigenvalue weighted by atomic mass is 10.0. The van der Waals surface area contributed by atoms with E-state index in [0.717, 1.165) is 11.1 Å². The Balaban J connectivity index is 1.21. The molecule has 1 aliphatic heterocycles. The normalized spacial score (nSPS) is 18.8. The third kappa shape index (κ3) is 5.79. The van der Waals surface area contributed by atoms with Crippen molar-refractivity contribution in [2.75, 3.05) is 33.2 Å². The van der Waals surface area contributed by atoms with E-state index < -0.39 is 24.4 Å². The fourth-order valence-electron chi connectivity index (χ4n) is 4.85. The highest BCUT2D eigenvalue weighted by molar-refractivity contribution is 6.16. The standard InChI is InChI=1S/C29H29N3O9/c1-15-7-17(9-19-10-18-11-21(36-3)22(37-4)12-20(18)26(19)33)8-16(2)27(15)41-29(35)39-14-25-38-13-24(40-25)32-6-5-23(30)31-28(32)34/h5-9,11-12,24-25H,10,13-14H2,1-4H3,(H2,30,31,34)/t24-,25-/m0/s1. The number of nitrogens with two attached hydrogens (primary N) is 1. The van der Waals surface area contributed by atoms with Crippen LogP contribution in [0.2, 0.25) is 0 Å². The van der Waals surface area contributed by atoms with Crippen molar-refractivity contribution < 1.29 is 38.0 Å². The van der Waals surface area contributed by atoms with Gasteiger partial charge in [0.05, 0.1) is 20.8 Å². The Bertz CT molecular complexity index is 1590. The zero-order chi connectivity index (χ0) is 29.3. The Kier molecular flexibility index (Phi) is 7.77. The van der Waals surface area contributed by atoms with Crippen LogP contribution in [0, 0.1) is 13.8 Å². The molecule has 41 heavy (non-hydrogen) atoms. The van der Waals surface area contributed by atoms with Crippen LogP contribution in [0.25, 0.3) is 6.08 Å². The lowest BCUT2D eigenvalue weighted by Crippen LogP contribution is -2.29. The summed E-state index contributed by atoms with van der Waals surface area (Å²) >= 11 is 0. The molecule has 2 atom stereocenters. The number of benzene rings is 2. The minimum atomic E-state index is -0.936. The summed E-state index contributed by atoms with van der Waals surface area (Å²) in [6.07, 6.45) is 1.20. The van der Waals surface area contributed by atoms with E-state index in [0.29, 0.717) is 45.9 Å². The van der Waals surface area contributed by atoms with Gasteiger partial charge in [0.15, 0.2) is 29.8 Å². The van der Waals surface area contributed by atoms with E-state index in [4.69, 9.17) is 34.2 Å². The van der Waals surface area contributed by atoms with Crippen LogP contribution in [0.3, 0.4) is 0 Å². The van der Waals surface area contributed by atoms with Gasteiger partial charge in [0, 0.05) is 23.8 Å². The molecule has 2 aliphatic rings. The van der Waals surface area contributed by atoms with Crippen LogP contribution in [0.5, 0.6) is 17.2 Å². The maximum absolute atomic E-state index is 13.1. The quantitative estimate of drug-likeness (QED) is 0.256. The SMILES string of the molecule is COc1cc2c(cc1OC)C(=O)C(=Cc1cc(C)c(OC(=O)OC[C@H]3OC[C@@H](n4ccc(N)nc4=O)O3)c(C)c1)C2. The molecular formula is C29H29N3O9. The summed E-state index contributed by atoms with van der Waals surface area (Å²) in [5.41, 5.74) is 9.19. The molecule has 1 saturated heterocycles. The Morgan fingerprint density at radius 2 is 1.83 bits per heavy atom. The largest absolute Gasteiger partial charge is 0.514 e. The van der Waals surface area contributed by atoms with E-state index in [1.807, 2.05) is 24.3 Å². The molecule has 1 aromatic heterocycles. The second-order valence-electron chi connectivity index (χ2n) is 9.58. The van der Waals surface area contributed by atoms with Gasteiger partial charge in [-0.1, -0.05) is 0 Å². The number of hydrogen-bond acceptors (Lipinski definition) is 11. The van der Waals surface area contributed by atoms with Crippen molar-refractivity contribution in [1.82, 2.24) is 9.55 Å². The second kappa shape index (κ2) is 11.4. The molecule has 0 bridgehead atoms. The van der Waals surface area contributed by atoms with E-state index in [9.17, 15) is 14.4 Å². The van der Waals surface area contributed by atoms with Crippen molar-refractivity contribution in [1.29, 1.82) is 0 Å². The van der Waals surface area contributed by atoms with Gasteiger partial charge in [-0.15, -0.1) is 0 Å². The number of carbonyl (C=O) groups excluding carboxylic acids is 2. The fourth-order valence-corrected chi connectivity index (χ4v) is 4.85. The minimum absolute atomic E-state index is 0.0679. The first kappa shape index (κ1) is 27.9. The van der Waals surface area contributed by atoms with Gasteiger partial charge >= 0.3 is 11.8 Å². The Hall–Kier alpha value is -4.68. The number of rotatable bonds is 7. The Labute approximate surface area is 235 Å². The van der Waals surface area contributed by atoms with E-state index in [1.54, 1.807) is 27.0 Å². The number of nitrogens with zero attached hydrogens (tertiary/aromatic N) is 2.